The highest BCUT2D eigenvalue weighted by molar-refractivity contribution is 7.11. The maximum absolute atomic E-state index is 12.7. The van der Waals surface area contributed by atoms with Gasteiger partial charge in [0.25, 0.3) is 0 Å². The molecule has 0 aliphatic rings. The molecule has 1 N–H and O–H groups in total. The fourth-order valence-electron chi connectivity index (χ4n) is 2.13. The van der Waals surface area contributed by atoms with Crippen molar-refractivity contribution in [2.75, 3.05) is 7.05 Å². The van der Waals surface area contributed by atoms with Gasteiger partial charge in [0.2, 0.25) is 0 Å². The highest BCUT2D eigenvalue weighted by atomic mass is 32.1. The van der Waals surface area contributed by atoms with Crippen LogP contribution < -0.4 is 5.32 Å². The molecule has 0 spiro atoms. The van der Waals surface area contributed by atoms with Crippen molar-refractivity contribution in [1.29, 1.82) is 0 Å². The molecule has 0 saturated heterocycles. The standard InChI is InChI=1S/C13H17F3N4S/c1-4-8-6-9(20(5-2)19-8)11(17-3)10-7-18-12(21-10)13(14,15)16/h6-7,11,17H,4-5H2,1-3H3. The molecule has 0 fully saturated rings. The fraction of sp³-hybridized carbons (Fsp3) is 0.538. The molecular formula is C13H17F3N4S. The molecular weight excluding hydrogens is 301 g/mol. The maximum atomic E-state index is 12.7. The Morgan fingerprint density at radius 1 is 1.38 bits per heavy atom. The van der Waals surface area contributed by atoms with E-state index in [2.05, 4.69) is 15.4 Å². The molecule has 1 unspecified atom stereocenters. The third-order valence-corrected chi connectivity index (χ3v) is 4.27. The number of alkyl halides is 3. The summed E-state index contributed by atoms with van der Waals surface area (Å²) in [7, 11) is 1.72. The van der Waals surface area contributed by atoms with Crippen LogP contribution in [-0.2, 0) is 19.1 Å². The molecule has 0 amide bonds. The van der Waals surface area contributed by atoms with Gasteiger partial charge in [-0.15, -0.1) is 11.3 Å². The van der Waals surface area contributed by atoms with Crippen LogP contribution in [0.1, 0.15) is 41.2 Å². The lowest BCUT2D eigenvalue weighted by Crippen LogP contribution is -2.20. The van der Waals surface area contributed by atoms with Gasteiger partial charge in [-0.3, -0.25) is 4.68 Å². The first-order chi connectivity index (χ1) is 9.90. The van der Waals surface area contributed by atoms with E-state index >= 15 is 0 Å². The smallest absolute Gasteiger partial charge is 0.307 e. The van der Waals surface area contributed by atoms with E-state index in [0.29, 0.717) is 22.8 Å². The lowest BCUT2D eigenvalue weighted by atomic mass is 10.1. The summed E-state index contributed by atoms with van der Waals surface area (Å²) in [4.78, 5) is 4.02. The lowest BCUT2D eigenvalue weighted by molar-refractivity contribution is -0.137. The minimum atomic E-state index is -4.40. The van der Waals surface area contributed by atoms with Crippen molar-refractivity contribution >= 4 is 11.3 Å². The predicted octanol–water partition coefficient (Wildman–Crippen LogP) is 3.25. The van der Waals surface area contributed by atoms with Gasteiger partial charge in [-0.2, -0.15) is 18.3 Å². The van der Waals surface area contributed by atoms with Crippen molar-refractivity contribution in [2.24, 2.45) is 0 Å². The Labute approximate surface area is 125 Å². The summed E-state index contributed by atoms with van der Waals surface area (Å²) in [6, 6.07) is 1.59. The molecule has 8 heteroatoms. The molecule has 0 aromatic carbocycles. The average molecular weight is 318 g/mol. The van der Waals surface area contributed by atoms with Crippen LogP contribution in [0.25, 0.3) is 0 Å². The van der Waals surface area contributed by atoms with Crippen molar-refractivity contribution in [3.8, 4) is 0 Å². The molecule has 0 aliphatic heterocycles. The monoisotopic (exact) mass is 318 g/mol. The number of nitrogens with one attached hydrogen (secondary N) is 1. The second-order valence-electron chi connectivity index (χ2n) is 4.52. The van der Waals surface area contributed by atoms with Crippen molar-refractivity contribution in [3.63, 3.8) is 0 Å². The molecule has 4 nitrogen and oxygen atoms in total. The van der Waals surface area contributed by atoms with Crippen molar-refractivity contribution in [2.45, 2.75) is 39.0 Å². The summed E-state index contributed by atoms with van der Waals surface area (Å²) in [5.41, 5.74) is 1.78. The van der Waals surface area contributed by atoms with Crippen LogP contribution in [-0.4, -0.2) is 21.8 Å². The molecule has 2 heterocycles. The van der Waals surface area contributed by atoms with Crippen molar-refractivity contribution in [3.05, 3.63) is 33.5 Å². The Bertz CT molecular complexity index is 603. The summed E-state index contributed by atoms with van der Waals surface area (Å²) in [5.74, 6) is 0. The molecule has 0 radical (unpaired) electrons. The Balaban J connectivity index is 2.40. The van der Waals surface area contributed by atoms with Gasteiger partial charge in [0.15, 0.2) is 5.01 Å². The van der Waals surface area contributed by atoms with Gasteiger partial charge >= 0.3 is 6.18 Å². The van der Waals surface area contributed by atoms with E-state index in [4.69, 9.17) is 0 Å². The van der Waals surface area contributed by atoms with E-state index < -0.39 is 11.2 Å². The van der Waals surface area contributed by atoms with Crippen LogP contribution in [0.15, 0.2) is 12.3 Å². The van der Waals surface area contributed by atoms with Gasteiger partial charge in [-0.25, -0.2) is 4.98 Å². The predicted molar refractivity (Wildman–Crippen MR) is 75.3 cm³/mol. The van der Waals surface area contributed by atoms with E-state index in [9.17, 15) is 13.2 Å². The minimum Gasteiger partial charge on any atom is -0.307 e. The van der Waals surface area contributed by atoms with Crippen LogP contribution in [0.3, 0.4) is 0 Å². The molecule has 1 atom stereocenters. The fourth-order valence-corrected chi connectivity index (χ4v) is 3.04. The largest absolute Gasteiger partial charge is 0.443 e. The maximum Gasteiger partial charge on any atom is 0.443 e. The highest BCUT2D eigenvalue weighted by Crippen LogP contribution is 2.36. The Hall–Kier alpha value is -1.41. The number of nitrogens with zero attached hydrogens (tertiary/aromatic N) is 3. The molecule has 116 valence electrons. The van der Waals surface area contributed by atoms with Gasteiger partial charge in [-0.1, -0.05) is 6.92 Å². The van der Waals surface area contributed by atoms with E-state index in [1.165, 1.54) is 6.20 Å². The SMILES string of the molecule is CCc1cc(C(NC)c2cnc(C(F)(F)F)s2)n(CC)n1. The van der Waals surface area contributed by atoms with Crippen LogP contribution in [0.5, 0.6) is 0 Å². The van der Waals surface area contributed by atoms with E-state index in [0.717, 1.165) is 17.8 Å². The molecule has 2 aromatic heterocycles. The van der Waals surface area contributed by atoms with E-state index in [1.54, 1.807) is 7.05 Å². The second kappa shape index (κ2) is 6.15. The lowest BCUT2D eigenvalue weighted by Gasteiger charge is -2.15. The number of aromatic nitrogens is 3. The quantitative estimate of drug-likeness (QED) is 0.920. The normalized spacial score (nSPS) is 13.6. The Morgan fingerprint density at radius 3 is 2.57 bits per heavy atom. The number of hydrogen-bond acceptors (Lipinski definition) is 4. The van der Waals surface area contributed by atoms with Crippen LogP contribution in [0.2, 0.25) is 0 Å². The first kappa shape index (κ1) is 16.0. The third-order valence-electron chi connectivity index (χ3n) is 3.16. The zero-order valence-electron chi connectivity index (χ0n) is 12.0. The first-order valence-corrected chi connectivity index (χ1v) is 7.49. The summed E-state index contributed by atoms with van der Waals surface area (Å²) in [6.45, 7) is 4.61. The van der Waals surface area contributed by atoms with Gasteiger partial charge in [0.1, 0.15) is 0 Å². The van der Waals surface area contributed by atoms with Crippen LogP contribution >= 0.6 is 11.3 Å². The van der Waals surface area contributed by atoms with Crippen LogP contribution in [0.4, 0.5) is 13.2 Å². The Kier molecular flexibility index (Phi) is 4.67. The zero-order chi connectivity index (χ0) is 15.6. The summed E-state index contributed by atoms with van der Waals surface area (Å²) in [6.07, 6.45) is -2.33. The summed E-state index contributed by atoms with van der Waals surface area (Å²) >= 11 is 0.664. The minimum absolute atomic E-state index is 0.341. The number of rotatable bonds is 5. The first-order valence-electron chi connectivity index (χ1n) is 6.67. The number of halogens is 3. The van der Waals surface area contributed by atoms with Gasteiger partial charge < -0.3 is 5.32 Å². The average Bonchev–Trinajstić information content (AvgIpc) is 3.06. The van der Waals surface area contributed by atoms with Crippen LogP contribution in [0, 0.1) is 0 Å². The Morgan fingerprint density at radius 2 is 2.10 bits per heavy atom. The molecule has 2 aromatic rings. The molecule has 0 aliphatic carbocycles. The van der Waals surface area contributed by atoms with Gasteiger partial charge in [-0.05, 0) is 26.5 Å². The second-order valence-corrected chi connectivity index (χ2v) is 5.58. The van der Waals surface area contributed by atoms with Crippen molar-refractivity contribution in [1.82, 2.24) is 20.1 Å². The van der Waals surface area contributed by atoms with Crippen molar-refractivity contribution < 1.29 is 13.2 Å². The number of hydrogen-bond donors (Lipinski definition) is 1. The van der Waals surface area contributed by atoms with Gasteiger partial charge in [0, 0.05) is 17.6 Å². The summed E-state index contributed by atoms with van der Waals surface area (Å²) in [5, 5.41) is 6.67. The molecule has 2 rings (SSSR count). The number of aryl methyl sites for hydroxylation is 2. The summed E-state index contributed by atoms with van der Waals surface area (Å²) < 4.78 is 39.9. The molecule has 21 heavy (non-hydrogen) atoms. The molecule has 0 saturated carbocycles. The molecule has 0 bridgehead atoms. The third kappa shape index (κ3) is 3.26. The zero-order valence-corrected chi connectivity index (χ0v) is 12.8. The van der Waals surface area contributed by atoms with E-state index in [1.807, 2.05) is 24.6 Å². The highest BCUT2D eigenvalue weighted by Gasteiger charge is 2.35. The van der Waals surface area contributed by atoms with Gasteiger partial charge in [0.05, 0.1) is 17.4 Å². The topological polar surface area (TPSA) is 42.7 Å². The number of thiazole rings is 1. The van der Waals surface area contributed by atoms with E-state index in [-0.39, 0.29) is 6.04 Å².